The highest BCUT2D eigenvalue weighted by atomic mass is 19.4. The third-order valence-electron chi connectivity index (χ3n) is 5.73. The first kappa shape index (κ1) is 22.9. The Labute approximate surface area is 187 Å². The predicted octanol–water partition coefficient (Wildman–Crippen LogP) is 4.54. The van der Waals surface area contributed by atoms with Crippen LogP contribution in [0.15, 0.2) is 53.1 Å². The second-order valence-corrected chi connectivity index (χ2v) is 7.95. The number of nitro benzene ring substituents is 1. The van der Waals surface area contributed by atoms with Crippen molar-refractivity contribution in [3.63, 3.8) is 0 Å². The molecule has 0 spiro atoms. The fourth-order valence-electron chi connectivity index (χ4n) is 3.85. The van der Waals surface area contributed by atoms with Crippen molar-refractivity contribution in [2.24, 2.45) is 0 Å². The van der Waals surface area contributed by atoms with E-state index in [4.69, 9.17) is 4.52 Å². The third kappa shape index (κ3) is 5.37. The van der Waals surface area contributed by atoms with E-state index in [1.807, 2.05) is 13.0 Å². The van der Waals surface area contributed by atoms with Crippen LogP contribution in [0.5, 0.6) is 0 Å². The zero-order valence-electron chi connectivity index (χ0n) is 17.8. The molecule has 1 aliphatic heterocycles. The fourth-order valence-corrected chi connectivity index (χ4v) is 3.85. The topological polar surface area (TPSA) is 88.5 Å². The normalized spacial score (nSPS) is 16.6. The van der Waals surface area contributed by atoms with Crippen molar-refractivity contribution >= 4 is 5.69 Å². The van der Waals surface area contributed by atoms with Crippen LogP contribution in [-0.4, -0.2) is 51.0 Å². The van der Waals surface area contributed by atoms with Crippen molar-refractivity contribution in [3.8, 4) is 11.4 Å². The van der Waals surface area contributed by atoms with Crippen LogP contribution in [0.3, 0.4) is 0 Å². The monoisotopic (exact) mass is 461 g/mol. The van der Waals surface area contributed by atoms with Gasteiger partial charge in [0.1, 0.15) is 0 Å². The van der Waals surface area contributed by atoms with E-state index < -0.39 is 16.7 Å². The Hall–Kier alpha value is -3.31. The standard InChI is InChI=1S/C22H22F3N5O3/c1-15(21-26-20(27-33-21)17-5-3-6-18(13-17)22(23,24)25)29-10-8-28(9-11-29)14-16-4-2-7-19(12-16)30(31)32/h2-7,12-13,15H,8-11,14H2,1H3. The molecule has 11 heteroatoms. The second-order valence-electron chi connectivity index (χ2n) is 7.95. The summed E-state index contributed by atoms with van der Waals surface area (Å²) in [4.78, 5) is 19.3. The van der Waals surface area contributed by atoms with Gasteiger partial charge in [-0.2, -0.15) is 18.2 Å². The van der Waals surface area contributed by atoms with Crippen LogP contribution in [0.25, 0.3) is 11.4 Å². The van der Waals surface area contributed by atoms with Crippen LogP contribution >= 0.6 is 0 Å². The van der Waals surface area contributed by atoms with Crippen molar-refractivity contribution in [3.05, 3.63) is 75.7 Å². The van der Waals surface area contributed by atoms with Gasteiger partial charge in [-0.15, -0.1) is 0 Å². The lowest BCUT2D eigenvalue weighted by Gasteiger charge is -2.36. The van der Waals surface area contributed by atoms with Crippen LogP contribution < -0.4 is 0 Å². The minimum Gasteiger partial charge on any atom is -0.337 e. The number of rotatable bonds is 6. The maximum Gasteiger partial charge on any atom is 0.416 e. The number of hydrogen-bond acceptors (Lipinski definition) is 7. The third-order valence-corrected chi connectivity index (χ3v) is 5.73. The van der Waals surface area contributed by atoms with Crippen LogP contribution in [0.1, 0.15) is 30.0 Å². The largest absolute Gasteiger partial charge is 0.416 e. The van der Waals surface area contributed by atoms with Crippen molar-refractivity contribution in [2.45, 2.75) is 25.7 Å². The Morgan fingerprint density at radius 3 is 2.55 bits per heavy atom. The molecule has 0 saturated carbocycles. The maximum atomic E-state index is 13.0. The first-order chi connectivity index (χ1) is 15.7. The van der Waals surface area contributed by atoms with E-state index in [1.165, 1.54) is 18.2 Å². The fraction of sp³-hybridized carbons (Fsp3) is 0.364. The van der Waals surface area contributed by atoms with Crippen LogP contribution in [-0.2, 0) is 12.7 Å². The number of nitro groups is 1. The quantitative estimate of drug-likeness (QED) is 0.393. The average Bonchev–Trinajstić information content (AvgIpc) is 3.29. The molecule has 2 aromatic carbocycles. The number of benzene rings is 2. The highest BCUT2D eigenvalue weighted by Crippen LogP contribution is 2.32. The molecule has 1 atom stereocenters. The number of hydrogen-bond donors (Lipinski definition) is 0. The van der Waals surface area contributed by atoms with Crippen molar-refractivity contribution in [1.82, 2.24) is 19.9 Å². The van der Waals surface area contributed by atoms with E-state index in [9.17, 15) is 23.3 Å². The number of nitrogens with zero attached hydrogens (tertiary/aromatic N) is 5. The predicted molar refractivity (Wildman–Crippen MR) is 113 cm³/mol. The molecule has 0 aliphatic carbocycles. The van der Waals surface area contributed by atoms with Gasteiger partial charge in [-0.05, 0) is 24.6 Å². The molecule has 0 bridgehead atoms. The van der Waals surface area contributed by atoms with E-state index in [1.54, 1.807) is 12.1 Å². The number of aromatic nitrogens is 2. The molecule has 0 amide bonds. The van der Waals surface area contributed by atoms with Crippen molar-refractivity contribution in [2.75, 3.05) is 26.2 Å². The minimum absolute atomic E-state index is 0.0766. The Morgan fingerprint density at radius 1 is 1.12 bits per heavy atom. The van der Waals surface area contributed by atoms with Gasteiger partial charge in [-0.1, -0.05) is 29.4 Å². The lowest BCUT2D eigenvalue weighted by atomic mass is 10.1. The van der Waals surface area contributed by atoms with E-state index in [2.05, 4.69) is 19.9 Å². The molecule has 33 heavy (non-hydrogen) atoms. The summed E-state index contributed by atoms with van der Waals surface area (Å²) in [6.45, 7) is 5.47. The molecule has 0 radical (unpaired) electrons. The van der Waals surface area contributed by atoms with Gasteiger partial charge in [0.25, 0.3) is 5.69 Å². The summed E-state index contributed by atoms with van der Waals surface area (Å²) < 4.78 is 44.3. The summed E-state index contributed by atoms with van der Waals surface area (Å²) in [6.07, 6.45) is -4.44. The Bertz CT molecular complexity index is 1130. The van der Waals surface area contributed by atoms with E-state index in [0.717, 1.165) is 43.9 Å². The summed E-state index contributed by atoms with van der Waals surface area (Å²) in [6, 6.07) is 11.3. The zero-order chi connectivity index (χ0) is 23.6. The van der Waals surface area contributed by atoms with Gasteiger partial charge in [-0.25, -0.2) is 0 Å². The number of alkyl halides is 3. The number of piperazine rings is 1. The van der Waals surface area contributed by atoms with Crippen molar-refractivity contribution in [1.29, 1.82) is 0 Å². The first-order valence-electron chi connectivity index (χ1n) is 10.4. The summed E-state index contributed by atoms with van der Waals surface area (Å²) in [5.74, 6) is 0.460. The summed E-state index contributed by atoms with van der Waals surface area (Å²) >= 11 is 0. The van der Waals surface area contributed by atoms with Gasteiger partial charge in [0.15, 0.2) is 0 Å². The van der Waals surface area contributed by atoms with E-state index in [-0.39, 0.29) is 23.1 Å². The minimum atomic E-state index is -4.44. The van der Waals surface area contributed by atoms with Crippen LogP contribution in [0.4, 0.5) is 18.9 Å². The molecule has 174 valence electrons. The Morgan fingerprint density at radius 2 is 1.85 bits per heavy atom. The van der Waals surface area contributed by atoms with E-state index in [0.29, 0.717) is 12.4 Å². The smallest absolute Gasteiger partial charge is 0.337 e. The molecule has 1 unspecified atom stereocenters. The number of non-ortho nitro benzene ring substituents is 1. The first-order valence-corrected chi connectivity index (χ1v) is 10.4. The zero-order valence-corrected chi connectivity index (χ0v) is 17.8. The van der Waals surface area contributed by atoms with Gasteiger partial charge in [0.05, 0.1) is 16.5 Å². The van der Waals surface area contributed by atoms with Gasteiger partial charge < -0.3 is 4.52 Å². The molecule has 1 aromatic heterocycles. The summed E-state index contributed by atoms with van der Waals surface area (Å²) in [7, 11) is 0. The molecule has 1 fully saturated rings. The lowest BCUT2D eigenvalue weighted by molar-refractivity contribution is -0.384. The number of halogens is 3. The molecule has 1 saturated heterocycles. The molecule has 1 aliphatic rings. The maximum absolute atomic E-state index is 13.0. The van der Waals surface area contributed by atoms with Gasteiger partial charge >= 0.3 is 6.18 Å². The van der Waals surface area contributed by atoms with Crippen molar-refractivity contribution < 1.29 is 22.6 Å². The van der Waals surface area contributed by atoms with Crippen LogP contribution in [0, 0.1) is 10.1 Å². The highest BCUT2D eigenvalue weighted by molar-refractivity contribution is 5.55. The van der Waals surface area contributed by atoms with Gasteiger partial charge in [-0.3, -0.25) is 19.9 Å². The second kappa shape index (κ2) is 9.28. The molecule has 3 aromatic rings. The van der Waals surface area contributed by atoms with Gasteiger partial charge in [0.2, 0.25) is 11.7 Å². The lowest BCUT2D eigenvalue weighted by Crippen LogP contribution is -2.46. The van der Waals surface area contributed by atoms with Crippen LogP contribution in [0.2, 0.25) is 0 Å². The summed E-state index contributed by atoms with van der Waals surface area (Å²) in [5.41, 5.74) is 0.439. The summed E-state index contributed by atoms with van der Waals surface area (Å²) in [5, 5.41) is 14.8. The molecule has 0 N–H and O–H groups in total. The molecule has 2 heterocycles. The Kier molecular flexibility index (Phi) is 6.43. The Balaban J connectivity index is 1.37. The molecular weight excluding hydrogens is 439 g/mol. The average molecular weight is 461 g/mol. The molecule has 4 rings (SSSR count). The SMILES string of the molecule is CC(c1nc(-c2cccc(C(F)(F)F)c2)no1)N1CCN(Cc2cccc([N+](=O)[O-])c2)CC1. The molecule has 8 nitrogen and oxygen atoms in total. The van der Waals surface area contributed by atoms with Gasteiger partial charge in [0, 0.05) is 50.4 Å². The molecular formula is C22H22F3N5O3. The van der Waals surface area contributed by atoms with E-state index >= 15 is 0 Å². The highest BCUT2D eigenvalue weighted by Gasteiger charge is 2.31.